The number of benzene rings is 1. The van der Waals surface area contributed by atoms with Gasteiger partial charge in [-0.3, -0.25) is 19.1 Å². The van der Waals surface area contributed by atoms with Gasteiger partial charge in [-0.1, -0.05) is 44.4 Å². The molecule has 0 unspecified atom stereocenters. The predicted molar refractivity (Wildman–Crippen MR) is 106 cm³/mol. The lowest BCUT2D eigenvalue weighted by Crippen LogP contribution is -2.37. The van der Waals surface area contributed by atoms with Gasteiger partial charge in [0, 0.05) is 11.6 Å². The summed E-state index contributed by atoms with van der Waals surface area (Å²) in [4.78, 5) is 39.2. The first kappa shape index (κ1) is 19.6. The normalized spacial score (nSPS) is 15.4. The van der Waals surface area contributed by atoms with E-state index in [9.17, 15) is 19.5 Å². The summed E-state index contributed by atoms with van der Waals surface area (Å²) in [6, 6.07) is 8.39. The second-order valence-corrected chi connectivity index (χ2v) is 6.84. The zero-order valence-electron chi connectivity index (χ0n) is 15.8. The summed E-state index contributed by atoms with van der Waals surface area (Å²) in [7, 11) is 0. The first-order valence-electron chi connectivity index (χ1n) is 9.53. The second kappa shape index (κ2) is 8.69. The molecule has 2 aromatic rings. The Balaban J connectivity index is 1.96. The van der Waals surface area contributed by atoms with Gasteiger partial charge in [0.05, 0.1) is 5.71 Å². The van der Waals surface area contributed by atoms with E-state index in [0.29, 0.717) is 5.56 Å². The van der Waals surface area contributed by atoms with E-state index in [0.717, 1.165) is 32.1 Å². The molecule has 3 rings (SSSR count). The maximum Gasteiger partial charge on any atom is 0.331 e. The highest BCUT2D eigenvalue weighted by molar-refractivity contribution is 6.03. The van der Waals surface area contributed by atoms with Crippen LogP contribution in [0.1, 0.15) is 67.4 Å². The third kappa shape index (κ3) is 4.05. The summed E-state index contributed by atoms with van der Waals surface area (Å²) >= 11 is 0. The molecule has 148 valence electrons. The number of aromatic hydroxyl groups is 1. The minimum atomic E-state index is -0.718. The highest BCUT2D eigenvalue weighted by Crippen LogP contribution is 2.30. The van der Waals surface area contributed by atoms with Crippen LogP contribution in [-0.2, 0) is 0 Å². The van der Waals surface area contributed by atoms with Crippen LogP contribution in [0.3, 0.4) is 0 Å². The van der Waals surface area contributed by atoms with E-state index >= 15 is 0 Å². The van der Waals surface area contributed by atoms with Crippen molar-refractivity contribution in [1.29, 1.82) is 0 Å². The monoisotopic (exact) mass is 384 g/mol. The Morgan fingerprint density at radius 1 is 1.21 bits per heavy atom. The van der Waals surface area contributed by atoms with E-state index in [1.54, 1.807) is 37.3 Å². The van der Waals surface area contributed by atoms with Crippen molar-refractivity contribution in [3.63, 3.8) is 0 Å². The number of carbonyl (C=O) groups is 1. The molecule has 8 nitrogen and oxygen atoms in total. The molecule has 0 atom stereocenters. The summed E-state index contributed by atoms with van der Waals surface area (Å²) in [5, 5.41) is 14.8. The molecule has 8 heteroatoms. The molecule has 0 aliphatic heterocycles. The fourth-order valence-electron chi connectivity index (χ4n) is 3.56. The van der Waals surface area contributed by atoms with Crippen LogP contribution in [0.4, 0.5) is 0 Å². The molecule has 0 radical (unpaired) electrons. The Kier molecular flexibility index (Phi) is 6.08. The van der Waals surface area contributed by atoms with Crippen molar-refractivity contribution in [3.05, 3.63) is 62.3 Å². The molecule has 3 N–H and O–H groups in total. The van der Waals surface area contributed by atoms with Crippen LogP contribution in [0.15, 0.2) is 45.0 Å². The van der Waals surface area contributed by atoms with Crippen LogP contribution in [0.5, 0.6) is 5.88 Å². The van der Waals surface area contributed by atoms with Crippen molar-refractivity contribution >= 4 is 11.6 Å². The Morgan fingerprint density at radius 3 is 2.54 bits per heavy atom. The number of carbonyl (C=O) groups excluding carboxylic acids is 1. The molecule has 1 aliphatic rings. The highest BCUT2D eigenvalue weighted by Gasteiger charge is 2.24. The number of hydrogen-bond acceptors (Lipinski definition) is 5. The van der Waals surface area contributed by atoms with Crippen molar-refractivity contribution in [1.82, 2.24) is 15.0 Å². The highest BCUT2D eigenvalue weighted by atomic mass is 16.3. The van der Waals surface area contributed by atoms with Crippen molar-refractivity contribution < 1.29 is 9.90 Å². The number of aromatic amines is 1. The average Bonchev–Trinajstić information content (AvgIpc) is 2.71. The van der Waals surface area contributed by atoms with Gasteiger partial charge in [0.2, 0.25) is 5.88 Å². The Hall–Kier alpha value is -3.16. The van der Waals surface area contributed by atoms with Crippen molar-refractivity contribution in [2.24, 2.45) is 5.10 Å². The first-order chi connectivity index (χ1) is 13.5. The van der Waals surface area contributed by atoms with Gasteiger partial charge in [0.1, 0.15) is 5.56 Å². The predicted octanol–water partition coefficient (Wildman–Crippen LogP) is 2.29. The van der Waals surface area contributed by atoms with Gasteiger partial charge in [-0.25, -0.2) is 10.2 Å². The average molecular weight is 384 g/mol. The van der Waals surface area contributed by atoms with Gasteiger partial charge in [0.15, 0.2) is 0 Å². The van der Waals surface area contributed by atoms with Gasteiger partial charge < -0.3 is 5.11 Å². The standard InChI is InChI=1S/C20H24N4O4/c1-2-15(22-23-17(25)13-9-5-3-6-10-13)16-18(26)21-20(28)24(19(16)27)14-11-7-4-8-12-14/h3,5-6,9-10,14,27H,2,4,7-8,11-12H2,1H3,(H,23,25)(H,21,26,28). The third-order valence-electron chi connectivity index (χ3n) is 5.01. The molecular weight excluding hydrogens is 360 g/mol. The van der Waals surface area contributed by atoms with E-state index in [1.807, 2.05) is 0 Å². The lowest BCUT2D eigenvalue weighted by atomic mass is 9.95. The van der Waals surface area contributed by atoms with E-state index < -0.39 is 23.0 Å². The van der Waals surface area contributed by atoms with Gasteiger partial charge in [-0.05, 0) is 31.4 Å². The Bertz CT molecular complexity index is 986. The van der Waals surface area contributed by atoms with E-state index in [2.05, 4.69) is 15.5 Å². The zero-order valence-corrected chi connectivity index (χ0v) is 15.8. The summed E-state index contributed by atoms with van der Waals surface area (Å²) < 4.78 is 1.25. The number of hydrazone groups is 1. The van der Waals surface area contributed by atoms with E-state index in [4.69, 9.17) is 0 Å². The van der Waals surface area contributed by atoms with Gasteiger partial charge >= 0.3 is 5.69 Å². The molecule has 1 amide bonds. The maximum atomic E-state index is 12.4. The molecule has 28 heavy (non-hydrogen) atoms. The van der Waals surface area contributed by atoms with Crippen LogP contribution in [-0.4, -0.2) is 26.3 Å². The number of rotatable bonds is 5. The van der Waals surface area contributed by atoms with Crippen molar-refractivity contribution in [3.8, 4) is 5.88 Å². The van der Waals surface area contributed by atoms with Gasteiger partial charge in [0.25, 0.3) is 11.5 Å². The third-order valence-corrected chi connectivity index (χ3v) is 5.01. The van der Waals surface area contributed by atoms with Crippen molar-refractivity contribution in [2.45, 2.75) is 51.5 Å². The number of amides is 1. The molecule has 1 aliphatic carbocycles. The molecule has 1 aromatic carbocycles. The molecule has 1 saturated carbocycles. The topological polar surface area (TPSA) is 117 Å². The number of aromatic nitrogens is 2. The zero-order chi connectivity index (χ0) is 20.1. The van der Waals surface area contributed by atoms with E-state index in [1.165, 1.54) is 4.57 Å². The van der Waals surface area contributed by atoms with Crippen LogP contribution >= 0.6 is 0 Å². The molecule has 1 fully saturated rings. The fourth-order valence-corrected chi connectivity index (χ4v) is 3.56. The largest absolute Gasteiger partial charge is 0.494 e. The second-order valence-electron chi connectivity index (χ2n) is 6.84. The number of hydrogen-bond donors (Lipinski definition) is 3. The van der Waals surface area contributed by atoms with Crippen molar-refractivity contribution in [2.75, 3.05) is 0 Å². The smallest absolute Gasteiger partial charge is 0.331 e. The SMILES string of the molecule is CCC(=NNC(=O)c1ccccc1)c1c(O)n(C2CCCCC2)c(=O)[nH]c1=O. The number of H-pyrrole nitrogens is 1. The lowest BCUT2D eigenvalue weighted by molar-refractivity contribution is 0.0954. The van der Waals surface area contributed by atoms with Crippen LogP contribution in [0.25, 0.3) is 0 Å². The molecule has 0 bridgehead atoms. The minimum Gasteiger partial charge on any atom is -0.494 e. The first-order valence-corrected chi connectivity index (χ1v) is 9.53. The Labute approximate surface area is 161 Å². The maximum absolute atomic E-state index is 12.4. The lowest BCUT2D eigenvalue weighted by Gasteiger charge is -2.25. The fraction of sp³-hybridized carbons (Fsp3) is 0.400. The minimum absolute atomic E-state index is 0.0824. The molecular formula is C20H24N4O4. The van der Waals surface area contributed by atoms with Crippen LogP contribution in [0.2, 0.25) is 0 Å². The van der Waals surface area contributed by atoms with E-state index in [-0.39, 0.29) is 23.7 Å². The Morgan fingerprint density at radius 2 is 1.89 bits per heavy atom. The van der Waals surface area contributed by atoms with Crippen LogP contribution in [0, 0.1) is 0 Å². The summed E-state index contributed by atoms with van der Waals surface area (Å²) in [5.41, 5.74) is 1.61. The summed E-state index contributed by atoms with van der Waals surface area (Å²) in [6.07, 6.45) is 4.84. The molecule has 1 aromatic heterocycles. The molecule has 0 spiro atoms. The summed E-state index contributed by atoms with van der Waals surface area (Å²) in [5.74, 6) is -0.821. The number of nitrogens with zero attached hydrogens (tertiary/aromatic N) is 2. The van der Waals surface area contributed by atoms with Crippen LogP contribution < -0.4 is 16.7 Å². The van der Waals surface area contributed by atoms with Gasteiger partial charge in [-0.2, -0.15) is 5.10 Å². The molecule has 0 saturated heterocycles. The number of nitrogens with one attached hydrogen (secondary N) is 2. The quantitative estimate of drug-likeness (QED) is 0.542. The molecule has 1 heterocycles. The van der Waals surface area contributed by atoms with Gasteiger partial charge in [-0.15, -0.1) is 0 Å². The summed E-state index contributed by atoms with van der Waals surface area (Å²) in [6.45, 7) is 1.75.